The average Bonchev–Trinajstić information content (AvgIpc) is 2.74. The summed E-state index contributed by atoms with van der Waals surface area (Å²) in [7, 11) is 0. The first-order chi connectivity index (χ1) is 7.45. The van der Waals surface area contributed by atoms with Gasteiger partial charge in [0.05, 0.1) is 5.69 Å². The lowest BCUT2D eigenvalue weighted by Crippen LogP contribution is -1.97. The van der Waals surface area contributed by atoms with E-state index in [-0.39, 0.29) is 0 Å². The highest BCUT2D eigenvalue weighted by molar-refractivity contribution is 5.84. The number of rotatable bonds is 1. The van der Waals surface area contributed by atoms with E-state index in [0.717, 1.165) is 5.69 Å². The second-order valence-corrected chi connectivity index (χ2v) is 3.73. The quantitative estimate of drug-likeness (QED) is 0.657. The van der Waals surface area contributed by atoms with Gasteiger partial charge in [-0.1, -0.05) is 48.5 Å². The van der Waals surface area contributed by atoms with Crippen molar-refractivity contribution >= 4 is 11.9 Å². The number of benzene rings is 2. The predicted molar refractivity (Wildman–Crippen MR) is 62.9 cm³/mol. The number of para-hydroxylation sites is 1. The minimum Gasteiger partial charge on any atom is -0.260 e. The fraction of sp³-hybridized carbons (Fsp3) is 0.0714. The first kappa shape index (κ1) is 8.42. The molecule has 0 aromatic heterocycles. The van der Waals surface area contributed by atoms with E-state index in [1.54, 1.807) is 0 Å². The van der Waals surface area contributed by atoms with Gasteiger partial charge in [-0.15, -0.1) is 0 Å². The van der Waals surface area contributed by atoms with E-state index in [1.807, 2.05) is 18.3 Å². The van der Waals surface area contributed by atoms with Gasteiger partial charge in [-0.25, -0.2) is 0 Å². The summed E-state index contributed by atoms with van der Waals surface area (Å²) in [5.74, 6) is 0.336. The van der Waals surface area contributed by atoms with Crippen molar-refractivity contribution in [3.05, 3.63) is 65.7 Å². The van der Waals surface area contributed by atoms with Crippen LogP contribution in [0.3, 0.4) is 0 Å². The highest BCUT2D eigenvalue weighted by Gasteiger charge is 2.19. The SMILES string of the molecule is C1=Nc2ccccc2C1c1ccccc1. The van der Waals surface area contributed by atoms with Crippen LogP contribution in [0.15, 0.2) is 59.6 Å². The van der Waals surface area contributed by atoms with Gasteiger partial charge in [-0.2, -0.15) is 0 Å². The Kier molecular flexibility index (Phi) is 1.88. The van der Waals surface area contributed by atoms with Crippen molar-refractivity contribution in [3.63, 3.8) is 0 Å². The maximum atomic E-state index is 4.43. The van der Waals surface area contributed by atoms with Crippen LogP contribution in [0.1, 0.15) is 17.0 Å². The van der Waals surface area contributed by atoms with Crippen molar-refractivity contribution in [1.29, 1.82) is 0 Å². The number of hydrogen-bond donors (Lipinski definition) is 0. The third-order valence-electron chi connectivity index (χ3n) is 2.79. The molecule has 3 rings (SSSR count). The van der Waals surface area contributed by atoms with E-state index in [0.29, 0.717) is 5.92 Å². The van der Waals surface area contributed by atoms with Gasteiger partial charge < -0.3 is 0 Å². The zero-order chi connectivity index (χ0) is 10.1. The van der Waals surface area contributed by atoms with Gasteiger partial charge in [0, 0.05) is 12.1 Å². The molecule has 0 saturated heterocycles. The minimum atomic E-state index is 0.336. The zero-order valence-corrected chi connectivity index (χ0v) is 8.30. The molecule has 0 N–H and O–H groups in total. The van der Waals surface area contributed by atoms with Gasteiger partial charge in [0.25, 0.3) is 0 Å². The Labute approximate surface area is 89.1 Å². The van der Waals surface area contributed by atoms with E-state index >= 15 is 0 Å². The van der Waals surface area contributed by atoms with E-state index in [9.17, 15) is 0 Å². The number of fused-ring (bicyclic) bond motifs is 1. The zero-order valence-electron chi connectivity index (χ0n) is 8.30. The third-order valence-corrected chi connectivity index (χ3v) is 2.79. The van der Waals surface area contributed by atoms with Crippen LogP contribution in [0.2, 0.25) is 0 Å². The van der Waals surface area contributed by atoms with Crippen LogP contribution in [0.4, 0.5) is 5.69 Å². The lowest BCUT2D eigenvalue weighted by molar-refractivity contribution is 1.14. The smallest absolute Gasteiger partial charge is 0.0668 e. The number of aliphatic imine (C=N–C) groups is 1. The molecule has 2 aromatic carbocycles. The molecule has 0 fully saturated rings. The van der Waals surface area contributed by atoms with Crippen molar-refractivity contribution in [2.24, 2.45) is 4.99 Å². The summed E-state index contributed by atoms with van der Waals surface area (Å²) in [6, 6.07) is 18.8. The average molecular weight is 193 g/mol. The topological polar surface area (TPSA) is 12.4 Å². The molecule has 1 aliphatic rings. The Morgan fingerprint density at radius 2 is 1.53 bits per heavy atom. The lowest BCUT2D eigenvalue weighted by atomic mass is 9.93. The number of hydrogen-bond acceptors (Lipinski definition) is 1. The van der Waals surface area contributed by atoms with Gasteiger partial charge in [-0.3, -0.25) is 4.99 Å². The second-order valence-electron chi connectivity index (χ2n) is 3.73. The van der Waals surface area contributed by atoms with Gasteiger partial charge in [0.2, 0.25) is 0 Å². The van der Waals surface area contributed by atoms with Crippen LogP contribution in [-0.2, 0) is 0 Å². The molecule has 1 aliphatic heterocycles. The minimum absolute atomic E-state index is 0.336. The van der Waals surface area contributed by atoms with Crippen molar-refractivity contribution in [2.75, 3.05) is 0 Å². The molecule has 0 aliphatic carbocycles. The maximum absolute atomic E-state index is 4.43. The molecule has 0 radical (unpaired) electrons. The molecule has 0 amide bonds. The van der Waals surface area contributed by atoms with Crippen molar-refractivity contribution in [1.82, 2.24) is 0 Å². The summed E-state index contributed by atoms with van der Waals surface area (Å²) in [4.78, 5) is 4.43. The highest BCUT2D eigenvalue weighted by atomic mass is 14.8. The first-order valence-corrected chi connectivity index (χ1v) is 5.13. The standard InChI is InChI=1S/C14H11N/c1-2-6-11(7-3-1)13-10-15-14-9-5-4-8-12(13)14/h1-10,13H. The number of nitrogens with zero attached hydrogens (tertiary/aromatic N) is 1. The first-order valence-electron chi connectivity index (χ1n) is 5.13. The highest BCUT2D eigenvalue weighted by Crippen LogP contribution is 2.35. The molecule has 1 heteroatoms. The summed E-state index contributed by atoms with van der Waals surface area (Å²) >= 11 is 0. The Morgan fingerprint density at radius 1 is 0.800 bits per heavy atom. The third kappa shape index (κ3) is 1.37. The summed E-state index contributed by atoms with van der Waals surface area (Å²) in [6.45, 7) is 0. The molecule has 15 heavy (non-hydrogen) atoms. The molecule has 2 aromatic rings. The van der Waals surface area contributed by atoms with Crippen molar-refractivity contribution in [2.45, 2.75) is 5.92 Å². The molecule has 1 unspecified atom stereocenters. The predicted octanol–water partition coefficient (Wildman–Crippen LogP) is 3.53. The summed E-state index contributed by atoms with van der Waals surface area (Å²) < 4.78 is 0. The maximum Gasteiger partial charge on any atom is 0.0668 e. The normalized spacial score (nSPS) is 17.7. The molecule has 72 valence electrons. The molecule has 0 saturated carbocycles. The van der Waals surface area contributed by atoms with Crippen LogP contribution >= 0.6 is 0 Å². The fourth-order valence-corrected chi connectivity index (χ4v) is 2.03. The van der Waals surface area contributed by atoms with E-state index in [1.165, 1.54) is 11.1 Å². The van der Waals surface area contributed by atoms with Gasteiger partial charge >= 0.3 is 0 Å². The largest absolute Gasteiger partial charge is 0.260 e. The lowest BCUT2D eigenvalue weighted by Gasteiger charge is -2.08. The van der Waals surface area contributed by atoms with E-state index < -0.39 is 0 Å². The van der Waals surface area contributed by atoms with E-state index in [4.69, 9.17) is 0 Å². The Bertz CT molecular complexity index is 500. The second kappa shape index (κ2) is 3.35. The van der Waals surface area contributed by atoms with Crippen molar-refractivity contribution < 1.29 is 0 Å². The Morgan fingerprint density at radius 3 is 2.40 bits per heavy atom. The Hall–Kier alpha value is -1.89. The van der Waals surface area contributed by atoms with Crippen LogP contribution in [0.5, 0.6) is 0 Å². The van der Waals surface area contributed by atoms with Gasteiger partial charge in [0.1, 0.15) is 0 Å². The summed E-state index contributed by atoms with van der Waals surface area (Å²) in [5, 5.41) is 0. The molecule has 0 spiro atoms. The van der Waals surface area contributed by atoms with Crippen LogP contribution < -0.4 is 0 Å². The monoisotopic (exact) mass is 193 g/mol. The van der Waals surface area contributed by atoms with Gasteiger partial charge in [-0.05, 0) is 17.2 Å². The van der Waals surface area contributed by atoms with Gasteiger partial charge in [0.15, 0.2) is 0 Å². The molecular weight excluding hydrogens is 182 g/mol. The molecule has 0 bridgehead atoms. The summed E-state index contributed by atoms with van der Waals surface area (Å²) in [5.41, 5.74) is 3.72. The molecule has 1 atom stereocenters. The molecular formula is C14H11N. The van der Waals surface area contributed by atoms with E-state index in [2.05, 4.69) is 47.5 Å². The summed E-state index contributed by atoms with van der Waals surface area (Å²) in [6.07, 6.45) is 2.03. The molecule has 1 heterocycles. The van der Waals surface area contributed by atoms with Crippen LogP contribution in [0, 0.1) is 0 Å². The van der Waals surface area contributed by atoms with Crippen LogP contribution in [-0.4, -0.2) is 6.21 Å². The molecule has 1 nitrogen and oxygen atoms in total. The fourth-order valence-electron chi connectivity index (χ4n) is 2.03. The Balaban J connectivity index is 2.09. The van der Waals surface area contributed by atoms with Crippen molar-refractivity contribution in [3.8, 4) is 0 Å². The van der Waals surface area contributed by atoms with Crippen LogP contribution in [0.25, 0.3) is 0 Å².